The average Bonchev–Trinajstić information content (AvgIpc) is 3.09. The first-order chi connectivity index (χ1) is 25.5. The van der Waals surface area contributed by atoms with Gasteiger partial charge in [0.05, 0.1) is 24.5 Å². The molecule has 0 bridgehead atoms. The standard InChI is InChI=1S/C24H28N6O5.C19H34/c1-13(2)10-19(31)18(8-9-20(32)33)30-23(34)15-4-6-16(7-5-15)25-11-17-12-26-22-21(29-17)24(35)28-14(3)27-22;1-16(2)10-7-12-18(5)14-9-15-19(6)13-8-11-17(3)4/h4-7,12-13,18,25H,8-11H2,1-3H3,(H,30,34)(H,32,33)(H,26,27,28,35);10,13-14,17H,7-9,11-12,15H2,1-6H3/b;18-14+,19-13+. The molecule has 0 saturated heterocycles. The molecule has 1 aromatic carbocycles. The Morgan fingerprint density at radius 3 is 2.06 bits per heavy atom. The van der Waals surface area contributed by atoms with Crippen LogP contribution in [-0.2, 0) is 16.1 Å². The highest BCUT2D eigenvalue weighted by Crippen LogP contribution is 2.15. The number of carbonyl (C=O) groups excluding carboxylic acids is 2. The zero-order valence-electron chi connectivity index (χ0n) is 33.8. The topological polar surface area (TPSA) is 167 Å². The Bertz CT molecular complexity index is 1820. The van der Waals surface area contributed by atoms with E-state index < -0.39 is 17.9 Å². The highest BCUT2D eigenvalue weighted by atomic mass is 16.4. The van der Waals surface area contributed by atoms with Crippen LogP contribution in [0.5, 0.6) is 0 Å². The molecule has 1 unspecified atom stereocenters. The molecule has 0 aliphatic heterocycles. The first kappa shape index (κ1) is 45.2. The number of carbonyl (C=O) groups is 3. The molecule has 54 heavy (non-hydrogen) atoms. The lowest BCUT2D eigenvalue weighted by Crippen LogP contribution is -2.41. The molecule has 294 valence electrons. The number of aromatic nitrogens is 4. The molecule has 11 heteroatoms. The van der Waals surface area contributed by atoms with Crippen molar-refractivity contribution in [1.29, 1.82) is 0 Å². The molecule has 0 saturated carbocycles. The van der Waals surface area contributed by atoms with Crippen molar-refractivity contribution in [3.05, 3.63) is 92.8 Å². The van der Waals surface area contributed by atoms with E-state index in [1.54, 1.807) is 36.8 Å². The van der Waals surface area contributed by atoms with Gasteiger partial charge in [0.15, 0.2) is 16.9 Å². The minimum absolute atomic E-state index is 0.0387. The van der Waals surface area contributed by atoms with Gasteiger partial charge >= 0.3 is 5.97 Å². The van der Waals surface area contributed by atoms with Gasteiger partial charge in [-0.15, -0.1) is 0 Å². The summed E-state index contributed by atoms with van der Waals surface area (Å²) in [5.74, 6) is -0.280. The number of amides is 1. The third-order valence-corrected chi connectivity index (χ3v) is 8.52. The van der Waals surface area contributed by atoms with E-state index in [1.807, 2.05) is 13.8 Å². The number of anilines is 1. The number of carboxylic acid groups (broad SMARTS) is 1. The number of allylic oxidation sites excluding steroid dienone is 6. The first-order valence-corrected chi connectivity index (χ1v) is 19.1. The smallest absolute Gasteiger partial charge is 0.303 e. The molecule has 2 aromatic heterocycles. The number of Topliss-reactive ketones (excluding diaryl/α,β-unsaturated/α-hetero) is 1. The van der Waals surface area contributed by atoms with Gasteiger partial charge in [0.2, 0.25) is 0 Å². The molecule has 11 nitrogen and oxygen atoms in total. The number of benzene rings is 1. The van der Waals surface area contributed by atoms with Gasteiger partial charge in [0, 0.05) is 24.1 Å². The zero-order valence-corrected chi connectivity index (χ0v) is 33.8. The number of ketones is 1. The Labute approximate surface area is 321 Å². The fraction of sp³-hybridized carbons (Fsp3) is 0.512. The second-order valence-electron chi connectivity index (χ2n) is 15.1. The highest BCUT2D eigenvalue weighted by molar-refractivity contribution is 5.98. The van der Waals surface area contributed by atoms with Crippen molar-refractivity contribution in [1.82, 2.24) is 25.3 Å². The molecule has 3 rings (SSSR count). The van der Waals surface area contributed by atoms with E-state index in [0.29, 0.717) is 29.3 Å². The third-order valence-electron chi connectivity index (χ3n) is 8.52. The normalized spacial score (nSPS) is 12.3. The third kappa shape index (κ3) is 18.2. The van der Waals surface area contributed by atoms with Crippen molar-refractivity contribution in [2.45, 2.75) is 133 Å². The van der Waals surface area contributed by atoms with Crippen LogP contribution in [0.1, 0.15) is 135 Å². The van der Waals surface area contributed by atoms with Gasteiger partial charge in [-0.3, -0.25) is 19.2 Å². The summed E-state index contributed by atoms with van der Waals surface area (Å²) in [7, 11) is 0. The van der Waals surface area contributed by atoms with E-state index in [4.69, 9.17) is 5.11 Å². The summed E-state index contributed by atoms with van der Waals surface area (Å²) in [6.45, 7) is 19.2. The number of carboxylic acids is 1. The van der Waals surface area contributed by atoms with Crippen molar-refractivity contribution in [2.75, 3.05) is 5.32 Å². The molecule has 4 N–H and O–H groups in total. The van der Waals surface area contributed by atoms with E-state index in [0.717, 1.165) is 5.92 Å². The van der Waals surface area contributed by atoms with Crippen LogP contribution in [0.4, 0.5) is 5.69 Å². The summed E-state index contributed by atoms with van der Waals surface area (Å²) in [5, 5.41) is 14.8. The summed E-state index contributed by atoms with van der Waals surface area (Å²) in [6, 6.07) is 5.74. The molecule has 0 aliphatic rings. The first-order valence-electron chi connectivity index (χ1n) is 19.1. The van der Waals surface area contributed by atoms with Gasteiger partial charge in [-0.2, -0.15) is 0 Å². The van der Waals surface area contributed by atoms with Crippen LogP contribution in [0.3, 0.4) is 0 Å². The molecule has 0 radical (unpaired) electrons. The summed E-state index contributed by atoms with van der Waals surface area (Å²) in [5.41, 5.74) is 6.18. The monoisotopic (exact) mass is 742 g/mol. The van der Waals surface area contributed by atoms with E-state index in [1.165, 1.54) is 55.9 Å². The SMILES string of the molecule is CC(C)=CCC/C(C)=C/CC/C(C)=C/CCC(C)C.Cc1nc2ncc(CNc3ccc(C(=O)NC(CCC(=O)O)C(=O)CC(C)C)cc3)nc2c(=O)[nH]1. The van der Waals surface area contributed by atoms with Crippen LogP contribution in [0.25, 0.3) is 11.2 Å². The average molecular weight is 743 g/mol. The summed E-state index contributed by atoms with van der Waals surface area (Å²) < 4.78 is 0. The lowest BCUT2D eigenvalue weighted by molar-refractivity contribution is -0.137. The quantitative estimate of drug-likeness (QED) is 0.0826. The van der Waals surface area contributed by atoms with Crippen LogP contribution < -0.4 is 16.2 Å². The van der Waals surface area contributed by atoms with Crippen LogP contribution in [0, 0.1) is 18.8 Å². The molecule has 0 aliphatic carbocycles. The largest absolute Gasteiger partial charge is 0.481 e. The number of H-pyrrole nitrogens is 1. The second-order valence-corrected chi connectivity index (χ2v) is 15.1. The lowest BCUT2D eigenvalue weighted by Gasteiger charge is -2.18. The summed E-state index contributed by atoms with van der Waals surface area (Å²) >= 11 is 0. The number of rotatable bonds is 20. The van der Waals surface area contributed by atoms with Crippen LogP contribution in [0.15, 0.2) is 70.2 Å². The van der Waals surface area contributed by atoms with Gasteiger partial charge in [-0.05, 0) is 116 Å². The van der Waals surface area contributed by atoms with Gasteiger partial charge in [-0.25, -0.2) is 15.0 Å². The maximum absolute atomic E-state index is 12.7. The van der Waals surface area contributed by atoms with Gasteiger partial charge in [0.1, 0.15) is 5.82 Å². The number of fused-ring (bicyclic) bond motifs is 1. The van der Waals surface area contributed by atoms with Crippen LogP contribution in [-0.4, -0.2) is 48.7 Å². The number of aryl methyl sites for hydroxylation is 1. The van der Waals surface area contributed by atoms with Crippen molar-refractivity contribution in [2.24, 2.45) is 11.8 Å². The number of aliphatic carboxylic acids is 1. The van der Waals surface area contributed by atoms with E-state index in [-0.39, 0.29) is 47.7 Å². The molecular weight excluding hydrogens is 681 g/mol. The van der Waals surface area contributed by atoms with E-state index >= 15 is 0 Å². The Morgan fingerprint density at radius 1 is 0.833 bits per heavy atom. The number of hydrogen-bond donors (Lipinski definition) is 4. The molecule has 0 spiro atoms. The number of aromatic amines is 1. The van der Waals surface area contributed by atoms with Crippen molar-refractivity contribution in [3.63, 3.8) is 0 Å². The Kier molecular flexibility index (Phi) is 19.8. The maximum atomic E-state index is 12.7. The maximum Gasteiger partial charge on any atom is 0.303 e. The van der Waals surface area contributed by atoms with Crippen molar-refractivity contribution >= 4 is 34.5 Å². The molecular formula is C43H62N6O5. The predicted octanol–water partition coefficient (Wildman–Crippen LogP) is 9.05. The lowest BCUT2D eigenvalue weighted by atomic mass is 9.98. The van der Waals surface area contributed by atoms with Crippen LogP contribution >= 0.6 is 0 Å². The van der Waals surface area contributed by atoms with Crippen molar-refractivity contribution < 1.29 is 19.5 Å². The van der Waals surface area contributed by atoms with Gasteiger partial charge < -0.3 is 20.7 Å². The Balaban J connectivity index is 0.000000451. The summed E-state index contributed by atoms with van der Waals surface area (Å²) in [6.07, 6.45) is 16.2. The van der Waals surface area contributed by atoms with Gasteiger partial charge in [0.25, 0.3) is 11.5 Å². The number of hydrogen-bond acceptors (Lipinski definition) is 8. The zero-order chi connectivity index (χ0) is 40.2. The Morgan fingerprint density at radius 2 is 1.46 bits per heavy atom. The molecule has 3 aromatic rings. The minimum atomic E-state index is -1.02. The molecule has 0 fully saturated rings. The highest BCUT2D eigenvalue weighted by Gasteiger charge is 2.23. The van der Waals surface area contributed by atoms with Crippen LogP contribution in [0.2, 0.25) is 0 Å². The van der Waals surface area contributed by atoms with Gasteiger partial charge in [-0.1, -0.05) is 62.6 Å². The molecule has 1 atom stereocenters. The van der Waals surface area contributed by atoms with Crippen molar-refractivity contribution in [3.8, 4) is 0 Å². The minimum Gasteiger partial charge on any atom is -0.481 e. The fourth-order valence-corrected chi connectivity index (χ4v) is 5.45. The molecule has 2 heterocycles. The van der Waals surface area contributed by atoms with E-state index in [2.05, 4.69) is 90.3 Å². The Hall–Kier alpha value is -4.93. The fourth-order valence-electron chi connectivity index (χ4n) is 5.45. The number of nitrogens with one attached hydrogen (secondary N) is 3. The molecule has 1 amide bonds. The number of nitrogens with zero attached hydrogens (tertiary/aromatic N) is 3. The predicted molar refractivity (Wildman–Crippen MR) is 219 cm³/mol. The second kappa shape index (κ2) is 23.7. The summed E-state index contributed by atoms with van der Waals surface area (Å²) in [4.78, 5) is 63.4. The van der Waals surface area contributed by atoms with E-state index in [9.17, 15) is 19.2 Å².